The molecule has 126 valence electrons. The summed E-state index contributed by atoms with van der Waals surface area (Å²) in [6, 6.07) is 2.77. The molecule has 0 spiro atoms. The summed E-state index contributed by atoms with van der Waals surface area (Å²) in [4.78, 5) is 29.2. The van der Waals surface area contributed by atoms with Crippen LogP contribution in [0.4, 0.5) is 0 Å². The number of carbonyl (C=O) groups is 2. The first-order chi connectivity index (χ1) is 10.9. The van der Waals surface area contributed by atoms with E-state index in [1.165, 1.54) is 6.92 Å². The Morgan fingerprint density at radius 2 is 2.04 bits per heavy atom. The third kappa shape index (κ3) is 4.05. The topological polar surface area (TPSA) is 103 Å². The SMILES string of the molecule is CC(=O)NC(CO)C(=O)N1CCC(O)(c2ccc(C)cn2)CC1. The third-order valence-electron chi connectivity index (χ3n) is 4.15. The highest BCUT2D eigenvalue weighted by Crippen LogP contribution is 2.31. The summed E-state index contributed by atoms with van der Waals surface area (Å²) < 4.78 is 0. The summed E-state index contributed by atoms with van der Waals surface area (Å²) in [5, 5.41) is 22.4. The van der Waals surface area contributed by atoms with Crippen molar-refractivity contribution in [2.75, 3.05) is 19.7 Å². The van der Waals surface area contributed by atoms with Crippen molar-refractivity contribution >= 4 is 11.8 Å². The van der Waals surface area contributed by atoms with Crippen molar-refractivity contribution in [1.82, 2.24) is 15.2 Å². The van der Waals surface area contributed by atoms with Crippen LogP contribution in [-0.2, 0) is 15.2 Å². The van der Waals surface area contributed by atoms with Gasteiger partial charge in [-0.05, 0) is 31.4 Å². The minimum absolute atomic E-state index is 0.332. The van der Waals surface area contributed by atoms with Gasteiger partial charge >= 0.3 is 0 Å². The number of carbonyl (C=O) groups excluding carboxylic acids is 2. The van der Waals surface area contributed by atoms with Crippen LogP contribution in [0, 0.1) is 6.92 Å². The number of aromatic nitrogens is 1. The Labute approximate surface area is 135 Å². The Morgan fingerprint density at radius 3 is 2.52 bits per heavy atom. The Kier molecular flexibility index (Phi) is 5.33. The van der Waals surface area contributed by atoms with E-state index in [-0.39, 0.29) is 11.8 Å². The number of aryl methyl sites for hydroxylation is 1. The lowest BCUT2D eigenvalue weighted by molar-refractivity contribution is -0.141. The Morgan fingerprint density at radius 1 is 1.39 bits per heavy atom. The molecule has 0 radical (unpaired) electrons. The molecule has 1 saturated heterocycles. The first-order valence-corrected chi connectivity index (χ1v) is 7.68. The predicted molar refractivity (Wildman–Crippen MR) is 83.4 cm³/mol. The maximum atomic E-state index is 12.3. The first kappa shape index (κ1) is 17.4. The molecule has 7 nitrogen and oxygen atoms in total. The molecule has 1 atom stereocenters. The van der Waals surface area contributed by atoms with Gasteiger partial charge in [0.05, 0.1) is 12.3 Å². The molecule has 0 saturated carbocycles. The van der Waals surface area contributed by atoms with Crippen LogP contribution in [0.1, 0.15) is 31.0 Å². The van der Waals surface area contributed by atoms with E-state index in [0.717, 1.165) is 5.56 Å². The quantitative estimate of drug-likeness (QED) is 0.706. The Hall–Kier alpha value is -1.99. The number of aliphatic hydroxyl groups is 2. The van der Waals surface area contributed by atoms with Crippen molar-refractivity contribution in [3.63, 3.8) is 0 Å². The Balaban J connectivity index is 2.01. The van der Waals surface area contributed by atoms with Crippen molar-refractivity contribution in [1.29, 1.82) is 0 Å². The molecule has 7 heteroatoms. The zero-order chi connectivity index (χ0) is 17.0. The summed E-state index contributed by atoms with van der Waals surface area (Å²) >= 11 is 0. The van der Waals surface area contributed by atoms with Crippen LogP contribution in [0.3, 0.4) is 0 Å². The number of nitrogens with one attached hydrogen (secondary N) is 1. The highest BCUT2D eigenvalue weighted by molar-refractivity contribution is 5.87. The lowest BCUT2D eigenvalue weighted by Gasteiger charge is -2.38. The average Bonchev–Trinajstić information content (AvgIpc) is 2.53. The molecule has 2 heterocycles. The van der Waals surface area contributed by atoms with Gasteiger partial charge in [-0.1, -0.05) is 6.07 Å². The second kappa shape index (κ2) is 7.06. The van der Waals surface area contributed by atoms with Gasteiger partial charge in [-0.2, -0.15) is 0 Å². The highest BCUT2D eigenvalue weighted by atomic mass is 16.3. The predicted octanol–water partition coefficient (Wildman–Crippen LogP) is -0.303. The van der Waals surface area contributed by atoms with Gasteiger partial charge in [-0.15, -0.1) is 0 Å². The molecule has 1 aliphatic rings. The molecule has 1 aliphatic heterocycles. The third-order valence-corrected chi connectivity index (χ3v) is 4.15. The minimum atomic E-state index is -1.05. The summed E-state index contributed by atoms with van der Waals surface area (Å²) in [5.74, 6) is -0.698. The summed E-state index contributed by atoms with van der Waals surface area (Å²) in [6.45, 7) is 3.48. The fourth-order valence-electron chi connectivity index (χ4n) is 2.75. The van der Waals surface area contributed by atoms with Gasteiger partial charge in [0.25, 0.3) is 0 Å². The van der Waals surface area contributed by atoms with E-state index in [1.807, 2.05) is 13.0 Å². The van der Waals surface area contributed by atoms with Crippen molar-refractivity contribution in [2.24, 2.45) is 0 Å². The molecule has 0 aliphatic carbocycles. The number of piperidine rings is 1. The summed E-state index contributed by atoms with van der Waals surface area (Å²) in [6.07, 6.45) is 2.45. The standard InChI is InChI=1S/C16H23N3O4/c1-11-3-4-14(17-9-11)16(23)5-7-19(8-6-16)15(22)13(10-20)18-12(2)21/h3-4,9,13,20,23H,5-8,10H2,1-2H3,(H,18,21). The fraction of sp³-hybridized carbons (Fsp3) is 0.562. The van der Waals surface area contributed by atoms with Gasteiger partial charge in [0.1, 0.15) is 11.6 Å². The maximum Gasteiger partial charge on any atom is 0.247 e. The normalized spacial score (nSPS) is 18.3. The van der Waals surface area contributed by atoms with Crippen LogP contribution in [0.5, 0.6) is 0 Å². The molecule has 1 unspecified atom stereocenters. The highest BCUT2D eigenvalue weighted by Gasteiger charge is 2.37. The van der Waals surface area contributed by atoms with E-state index in [0.29, 0.717) is 31.6 Å². The number of nitrogens with zero attached hydrogens (tertiary/aromatic N) is 2. The number of hydrogen-bond donors (Lipinski definition) is 3. The lowest BCUT2D eigenvalue weighted by Crippen LogP contribution is -2.54. The number of pyridine rings is 1. The molecule has 3 N–H and O–H groups in total. The van der Waals surface area contributed by atoms with Crippen LogP contribution in [0.2, 0.25) is 0 Å². The summed E-state index contributed by atoms with van der Waals surface area (Å²) in [7, 11) is 0. The number of likely N-dealkylation sites (tertiary alicyclic amines) is 1. The Bertz CT molecular complexity index is 565. The van der Waals surface area contributed by atoms with Crippen LogP contribution < -0.4 is 5.32 Å². The molecule has 0 aromatic carbocycles. The molecule has 1 aromatic rings. The second-order valence-corrected chi connectivity index (χ2v) is 6.01. The van der Waals surface area contributed by atoms with Crippen LogP contribution in [-0.4, -0.2) is 57.6 Å². The molecule has 1 aromatic heterocycles. The molecule has 0 bridgehead atoms. The largest absolute Gasteiger partial charge is 0.394 e. The van der Waals surface area contributed by atoms with E-state index in [1.54, 1.807) is 17.2 Å². The van der Waals surface area contributed by atoms with E-state index in [9.17, 15) is 19.8 Å². The first-order valence-electron chi connectivity index (χ1n) is 7.68. The van der Waals surface area contributed by atoms with E-state index >= 15 is 0 Å². The molecular formula is C16H23N3O4. The molecule has 1 fully saturated rings. The second-order valence-electron chi connectivity index (χ2n) is 6.01. The van der Waals surface area contributed by atoms with E-state index in [2.05, 4.69) is 10.3 Å². The van der Waals surface area contributed by atoms with E-state index < -0.39 is 18.2 Å². The van der Waals surface area contributed by atoms with Crippen molar-refractivity contribution in [2.45, 2.75) is 38.3 Å². The zero-order valence-corrected chi connectivity index (χ0v) is 13.5. The molecule has 2 amide bonds. The monoisotopic (exact) mass is 321 g/mol. The zero-order valence-electron chi connectivity index (χ0n) is 13.5. The summed E-state index contributed by atoms with van der Waals surface area (Å²) in [5.41, 5.74) is 0.578. The van der Waals surface area contributed by atoms with Crippen molar-refractivity contribution in [3.8, 4) is 0 Å². The van der Waals surface area contributed by atoms with Gasteiger partial charge < -0.3 is 20.4 Å². The van der Waals surface area contributed by atoms with Crippen molar-refractivity contribution < 1.29 is 19.8 Å². The lowest BCUT2D eigenvalue weighted by atomic mass is 9.87. The molecule has 23 heavy (non-hydrogen) atoms. The van der Waals surface area contributed by atoms with Gasteiger partial charge in [0.2, 0.25) is 11.8 Å². The average molecular weight is 321 g/mol. The minimum Gasteiger partial charge on any atom is -0.394 e. The van der Waals surface area contributed by atoms with Crippen LogP contribution in [0.25, 0.3) is 0 Å². The van der Waals surface area contributed by atoms with Gasteiger partial charge in [0, 0.05) is 26.2 Å². The van der Waals surface area contributed by atoms with Gasteiger partial charge in [0.15, 0.2) is 0 Å². The molecular weight excluding hydrogens is 298 g/mol. The van der Waals surface area contributed by atoms with Crippen LogP contribution in [0.15, 0.2) is 18.3 Å². The smallest absolute Gasteiger partial charge is 0.247 e. The molecule has 2 rings (SSSR count). The van der Waals surface area contributed by atoms with Gasteiger partial charge in [-0.3, -0.25) is 14.6 Å². The van der Waals surface area contributed by atoms with Crippen molar-refractivity contribution in [3.05, 3.63) is 29.6 Å². The van der Waals surface area contributed by atoms with Gasteiger partial charge in [-0.25, -0.2) is 0 Å². The number of rotatable bonds is 4. The maximum absolute atomic E-state index is 12.3. The van der Waals surface area contributed by atoms with E-state index in [4.69, 9.17) is 0 Å². The number of amides is 2. The fourth-order valence-corrected chi connectivity index (χ4v) is 2.75. The number of hydrogen-bond acceptors (Lipinski definition) is 5. The van der Waals surface area contributed by atoms with Crippen LogP contribution >= 0.6 is 0 Å². The number of aliphatic hydroxyl groups excluding tert-OH is 1.